The Hall–Kier alpha value is 1.32. The van der Waals surface area contributed by atoms with Gasteiger partial charge < -0.3 is 12.3 Å². The summed E-state index contributed by atoms with van der Waals surface area (Å²) in [5, 5.41) is 0. The Morgan fingerprint density at radius 3 is 0.750 bits per heavy atom. The Labute approximate surface area is 55.4 Å². The van der Waals surface area contributed by atoms with E-state index in [1.54, 1.807) is 0 Å². The van der Waals surface area contributed by atoms with Gasteiger partial charge in [0.1, 0.15) is 0 Å². The summed E-state index contributed by atoms with van der Waals surface area (Å²) in [5.74, 6) is 0. The van der Waals surface area contributed by atoms with E-state index in [9.17, 15) is 0 Å². The summed E-state index contributed by atoms with van der Waals surface area (Å²) >= 11 is 0. The largest absolute Gasteiger partial charge is 3.00 e. The molecule has 0 aromatic rings. The van der Waals surface area contributed by atoms with Crippen LogP contribution < -0.4 is 0 Å². The molecule has 0 atom stereocenters. The molecule has 0 fully saturated rings. The fourth-order valence-corrected chi connectivity index (χ4v) is 0. The third-order valence-electron chi connectivity index (χ3n) is 0. The summed E-state index contributed by atoms with van der Waals surface area (Å²) in [5.41, 5.74) is 0. The minimum Gasteiger partial charge on any atom is -3.00 e. The van der Waals surface area contributed by atoms with Crippen molar-refractivity contribution in [3.63, 3.8) is 0 Å². The van der Waals surface area contributed by atoms with Crippen molar-refractivity contribution in [1.82, 2.24) is 0 Å². The van der Waals surface area contributed by atoms with Crippen LogP contribution in [0.25, 0.3) is 12.3 Å². The van der Waals surface area contributed by atoms with Crippen molar-refractivity contribution in [2.45, 2.75) is 0 Å². The average Bonchev–Trinajstić information content (AvgIpc) is 0. The zero-order valence-corrected chi connectivity index (χ0v) is 5.01. The summed E-state index contributed by atoms with van der Waals surface area (Å²) in [4.78, 5) is 0. The molecule has 0 bridgehead atoms. The number of hydrogen-bond donors (Lipinski definition) is 0. The molecule has 0 saturated carbocycles. The third kappa shape index (κ3) is 10.2. The molecule has 0 radical (unpaired) electrons. The van der Waals surface area contributed by atoms with Gasteiger partial charge in [-0.25, -0.2) is 0 Å². The third-order valence-corrected chi connectivity index (χ3v) is 0. The van der Waals surface area contributed by atoms with E-state index >= 15 is 0 Å². The quantitative estimate of drug-likeness (QED) is 0.390. The van der Waals surface area contributed by atoms with E-state index in [-0.39, 0.29) is 55.5 Å². The Bertz CT molecular complexity index is 6.00. The van der Waals surface area contributed by atoms with Gasteiger partial charge in [-0.3, -0.25) is 0 Å². The van der Waals surface area contributed by atoms with Crippen LogP contribution in [0.5, 0.6) is 0 Å². The predicted molar refractivity (Wildman–Crippen MR) is 12.5 cm³/mol. The van der Waals surface area contributed by atoms with E-state index in [0.717, 1.165) is 0 Å². The van der Waals surface area contributed by atoms with Crippen LogP contribution in [0.3, 0.4) is 0 Å². The molecule has 0 saturated heterocycles. The van der Waals surface area contributed by atoms with Crippen LogP contribution in [0.15, 0.2) is 0 Å². The zero-order valence-electron chi connectivity index (χ0n) is 2.05. The molecule has 0 aliphatic rings. The first-order valence-corrected chi connectivity index (χ1v) is 0. The summed E-state index contributed by atoms with van der Waals surface area (Å²) in [6.45, 7) is 0. The first kappa shape index (κ1) is 56.9. The van der Waals surface area contributed by atoms with E-state index in [2.05, 4.69) is 0 Å². The number of hydrogen-bond acceptors (Lipinski definition) is 0. The molecule has 0 amide bonds. The molecule has 0 aromatic carbocycles. The fraction of sp³-hybridized carbons (Fsp3) is 0. The van der Waals surface area contributed by atoms with Crippen molar-refractivity contribution in [3.8, 4) is 0 Å². The molecule has 4 heteroatoms. The molecular formula is AlN2Sc. The summed E-state index contributed by atoms with van der Waals surface area (Å²) in [7, 11) is 0. The second-order valence-electron chi connectivity index (χ2n) is 0. The van der Waals surface area contributed by atoms with E-state index < -0.39 is 0 Å². The van der Waals surface area contributed by atoms with Gasteiger partial charge in [0.2, 0.25) is 0 Å². The minimum atomic E-state index is 0. The molecule has 0 heterocycles. The van der Waals surface area contributed by atoms with E-state index in [1.807, 2.05) is 0 Å². The SMILES string of the molecule is [Al+3].[N-3].[N-3].[Sc+3]. The van der Waals surface area contributed by atoms with Gasteiger partial charge in [0, 0.05) is 0 Å². The summed E-state index contributed by atoms with van der Waals surface area (Å²) < 4.78 is 0. The van der Waals surface area contributed by atoms with Gasteiger partial charge in [-0.1, -0.05) is 0 Å². The number of rotatable bonds is 0. The second kappa shape index (κ2) is 27.3. The van der Waals surface area contributed by atoms with E-state index in [1.165, 1.54) is 0 Å². The van der Waals surface area contributed by atoms with Crippen LogP contribution in [0.2, 0.25) is 0 Å². The van der Waals surface area contributed by atoms with Crippen molar-refractivity contribution in [2.24, 2.45) is 0 Å². The predicted octanol–water partition coefficient (Wildman–Crippen LogP) is 0.194. The maximum Gasteiger partial charge on any atom is 3.00 e. The molecular weight excluding hydrogens is 100.0 g/mol. The Morgan fingerprint density at radius 1 is 0.750 bits per heavy atom. The molecule has 4 heavy (non-hydrogen) atoms. The smallest absolute Gasteiger partial charge is 3.00 e. The molecule has 16 valence electrons. The molecule has 0 unspecified atom stereocenters. The van der Waals surface area contributed by atoms with Crippen LogP contribution in [0.1, 0.15) is 0 Å². The van der Waals surface area contributed by atoms with Crippen molar-refractivity contribution in [3.05, 3.63) is 12.3 Å². The zero-order chi connectivity index (χ0) is 0. The van der Waals surface area contributed by atoms with Gasteiger partial charge in [-0.15, -0.1) is 0 Å². The van der Waals surface area contributed by atoms with Gasteiger partial charge in [-0.2, -0.15) is 0 Å². The fourth-order valence-electron chi connectivity index (χ4n) is 0. The minimum absolute atomic E-state index is 0. The van der Waals surface area contributed by atoms with Crippen LogP contribution in [-0.2, 0) is 25.8 Å². The van der Waals surface area contributed by atoms with Gasteiger partial charge >= 0.3 is 43.2 Å². The normalized spacial score (nSPS) is 0. The molecule has 0 spiro atoms. The summed E-state index contributed by atoms with van der Waals surface area (Å²) in [6, 6.07) is 0. The molecule has 0 aliphatic carbocycles. The van der Waals surface area contributed by atoms with Crippen molar-refractivity contribution in [2.75, 3.05) is 0 Å². The van der Waals surface area contributed by atoms with Gasteiger partial charge in [0.25, 0.3) is 0 Å². The van der Waals surface area contributed by atoms with E-state index in [0.29, 0.717) is 0 Å². The Kier molecular flexibility index (Phi) is 388. The first-order chi connectivity index (χ1) is 0. The van der Waals surface area contributed by atoms with Crippen molar-refractivity contribution >= 4 is 17.4 Å². The molecule has 0 aromatic heterocycles. The maximum absolute atomic E-state index is 0. The molecule has 2 nitrogen and oxygen atoms in total. The van der Waals surface area contributed by atoms with Crippen molar-refractivity contribution < 1.29 is 25.8 Å². The summed E-state index contributed by atoms with van der Waals surface area (Å²) in [6.07, 6.45) is 0. The van der Waals surface area contributed by atoms with E-state index in [4.69, 9.17) is 0 Å². The number of nitrogens with zero attached hydrogens (tertiary/aromatic N) is 2. The van der Waals surface area contributed by atoms with Gasteiger partial charge in [0.15, 0.2) is 0 Å². The average molecular weight is 100.0 g/mol. The Balaban J connectivity index is 0. The Morgan fingerprint density at radius 2 is 0.750 bits per heavy atom. The molecule has 0 N–H and O–H groups in total. The molecule has 0 aliphatic heterocycles. The topological polar surface area (TPSA) is 61.0 Å². The van der Waals surface area contributed by atoms with Gasteiger partial charge in [0.05, 0.1) is 0 Å². The standard InChI is InChI=1S/Al.2N.Sc/q+3;2*-3;+3. The molecule has 0 rings (SSSR count). The van der Waals surface area contributed by atoms with Crippen LogP contribution in [0, 0.1) is 0 Å². The van der Waals surface area contributed by atoms with Crippen LogP contribution >= 0.6 is 0 Å². The van der Waals surface area contributed by atoms with Crippen LogP contribution in [-0.4, -0.2) is 17.4 Å². The van der Waals surface area contributed by atoms with Crippen LogP contribution in [0.4, 0.5) is 0 Å². The monoisotopic (exact) mass is 99.9 g/mol. The van der Waals surface area contributed by atoms with Gasteiger partial charge in [-0.05, 0) is 0 Å². The second-order valence-corrected chi connectivity index (χ2v) is 0. The van der Waals surface area contributed by atoms with Crippen molar-refractivity contribution in [1.29, 1.82) is 0 Å². The first-order valence-electron chi connectivity index (χ1n) is 0. The maximum atomic E-state index is 0.